The van der Waals surface area contributed by atoms with Crippen LogP contribution in [0, 0.1) is 5.41 Å². The number of hydrogen-bond acceptors (Lipinski definition) is 5. The number of pyridine rings is 1. The van der Waals surface area contributed by atoms with Gasteiger partial charge in [0.05, 0.1) is 18.4 Å². The standard InChI is InChI=1S/C18H23N5O3S/c24-17-4-5-18(14-22(17)13-15-3-1-2-8-19-15)6-9-23(10-7-18)27(25,26)16-11-20-21-12-16/h1-3,8,11-12H,4-7,9-10,13-14H2,(H,20,21). The number of nitrogens with zero attached hydrogens (tertiary/aromatic N) is 4. The molecule has 2 aliphatic rings. The largest absolute Gasteiger partial charge is 0.336 e. The normalized spacial score (nSPS) is 20.9. The van der Waals surface area contributed by atoms with Crippen LogP contribution in [0.15, 0.2) is 41.7 Å². The SMILES string of the molecule is O=C1CCC2(CCN(S(=O)(=O)c3cn[nH]c3)CC2)CN1Cc1ccccn1. The lowest BCUT2D eigenvalue weighted by molar-refractivity contribution is -0.139. The summed E-state index contributed by atoms with van der Waals surface area (Å²) in [6, 6.07) is 5.71. The molecule has 0 aliphatic carbocycles. The number of carbonyl (C=O) groups excluding carboxylic acids is 1. The van der Waals surface area contributed by atoms with Crippen LogP contribution in [0.5, 0.6) is 0 Å². The quantitative estimate of drug-likeness (QED) is 0.852. The second-order valence-electron chi connectivity index (χ2n) is 7.41. The molecule has 2 aliphatic heterocycles. The van der Waals surface area contributed by atoms with E-state index >= 15 is 0 Å². The minimum Gasteiger partial charge on any atom is -0.336 e. The average Bonchev–Trinajstić information content (AvgIpc) is 3.22. The molecule has 2 saturated heterocycles. The molecule has 4 rings (SSSR count). The second kappa shape index (κ2) is 7.05. The van der Waals surface area contributed by atoms with Crippen LogP contribution in [0.3, 0.4) is 0 Å². The van der Waals surface area contributed by atoms with Crippen molar-refractivity contribution in [2.75, 3.05) is 19.6 Å². The molecule has 0 radical (unpaired) electrons. The smallest absolute Gasteiger partial charge is 0.246 e. The summed E-state index contributed by atoms with van der Waals surface area (Å²) in [6.45, 7) is 2.12. The zero-order chi connectivity index (χ0) is 18.9. The number of likely N-dealkylation sites (tertiary alicyclic amines) is 1. The molecule has 0 unspecified atom stereocenters. The van der Waals surface area contributed by atoms with Crippen LogP contribution in [0.2, 0.25) is 0 Å². The Morgan fingerprint density at radius 2 is 2.00 bits per heavy atom. The third kappa shape index (κ3) is 3.61. The summed E-state index contributed by atoms with van der Waals surface area (Å²) in [5.41, 5.74) is 0.869. The predicted molar refractivity (Wildman–Crippen MR) is 97.9 cm³/mol. The van der Waals surface area contributed by atoms with Crippen LogP contribution < -0.4 is 0 Å². The molecule has 2 fully saturated rings. The van der Waals surface area contributed by atoms with Gasteiger partial charge in [0.25, 0.3) is 0 Å². The highest BCUT2D eigenvalue weighted by Gasteiger charge is 2.43. The van der Waals surface area contributed by atoms with Crippen molar-refractivity contribution < 1.29 is 13.2 Å². The zero-order valence-corrected chi connectivity index (χ0v) is 15.9. The van der Waals surface area contributed by atoms with E-state index in [0.29, 0.717) is 32.6 Å². The number of H-pyrrole nitrogens is 1. The van der Waals surface area contributed by atoms with Crippen molar-refractivity contribution >= 4 is 15.9 Å². The van der Waals surface area contributed by atoms with Gasteiger partial charge in [0, 0.05) is 38.4 Å². The topological polar surface area (TPSA) is 99.3 Å². The Labute approximate surface area is 158 Å². The number of nitrogens with one attached hydrogen (secondary N) is 1. The maximum Gasteiger partial charge on any atom is 0.246 e. The van der Waals surface area contributed by atoms with Crippen LogP contribution in [0.25, 0.3) is 0 Å². The molecule has 2 aromatic heterocycles. The molecule has 1 amide bonds. The first-order valence-electron chi connectivity index (χ1n) is 9.15. The summed E-state index contributed by atoms with van der Waals surface area (Å²) in [7, 11) is -3.50. The van der Waals surface area contributed by atoms with E-state index in [9.17, 15) is 13.2 Å². The Balaban J connectivity index is 1.43. The van der Waals surface area contributed by atoms with Gasteiger partial charge in [-0.15, -0.1) is 0 Å². The summed E-state index contributed by atoms with van der Waals surface area (Å²) in [5.74, 6) is 0.153. The van der Waals surface area contributed by atoms with Crippen molar-refractivity contribution in [3.8, 4) is 0 Å². The monoisotopic (exact) mass is 389 g/mol. The number of aromatic amines is 1. The average molecular weight is 389 g/mol. The van der Waals surface area contributed by atoms with Crippen molar-refractivity contribution in [1.29, 1.82) is 0 Å². The highest BCUT2D eigenvalue weighted by Crippen LogP contribution is 2.41. The van der Waals surface area contributed by atoms with Crippen molar-refractivity contribution in [2.45, 2.75) is 37.1 Å². The highest BCUT2D eigenvalue weighted by molar-refractivity contribution is 7.89. The van der Waals surface area contributed by atoms with Gasteiger partial charge in [-0.05, 0) is 36.8 Å². The van der Waals surface area contributed by atoms with Gasteiger partial charge in [-0.2, -0.15) is 9.40 Å². The summed E-state index contributed by atoms with van der Waals surface area (Å²) in [4.78, 5) is 18.8. The Morgan fingerprint density at radius 3 is 2.67 bits per heavy atom. The molecule has 4 heterocycles. The summed E-state index contributed by atoms with van der Waals surface area (Å²) in [6.07, 6.45) is 7.34. The highest BCUT2D eigenvalue weighted by atomic mass is 32.2. The van der Waals surface area contributed by atoms with E-state index in [1.165, 1.54) is 16.7 Å². The van der Waals surface area contributed by atoms with Gasteiger partial charge in [-0.25, -0.2) is 8.42 Å². The first-order valence-corrected chi connectivity index (χ1v) is 10.6. The summed E-state index contributed by atoms with van der Waals surface area (Å²) in [5, 5.41) is 6.30. The number of amides is 1. The molecule has 8 nitrogen and oxygen atoms in total. The molecular formula is C18H23N5O3S. The maximum absolute atomic E-state index is 12.7. The lowest BCUT2D eigenvalue weighted by Gasteiger charge is -2.47. The third-order valence-electron chi connectivity index (χ3n) is 5.72. The van der Waals surface area contributed by atoms with Crippen LogP contribution in [-0.2, 0) is 21.4 Å². The van der Waals surface area contributed by atoms with Crippen LogP contribution >= 0.6 is 0 Å². The summed E-state index contributed by atoms with van der Waals surface area (Å²) >= 11 is 0. The molecule has 27 heavy (non-hydrogen) atoms. The molecule has 0 bridgehead atoms. The van der Waals surface area contributed by atoms with Gasteiger partial charge in [-0.1, -0.05) is 6.07 Å². The molecule has 0 atom stereocenters. The minimum atomic E-state index is -3.50. The fraction of sp³-hybridized carbons (Fsp3) is 0.500. The fourth-order valence-electron chi connectivity index (χ4n) is 4.07. The molecule has 2 aromatic rings. The molecule has 144 valence electrons. The van der Waals surface area contributed by atoms with Crippen LogP contribution in [0.4, 0.5) is 0 Å². The van der Waals surface area contributed by atoms with Gasteiger partial charge in [-0.3, -0.25) is 14.9 Å². The summed E-state index contributed by atoms with van der Waals surface area (Å²) < 4.78 is 26.9. The van der Waals surface area contributed by atoms with E-state index in [1.54, 1.807) is 6.20 Å². The maximum atomic E-state index is 12.7. The number of piperidine rings is 2. The van der Waals surface area contributed by atoms with Gasteiger partial charge in [0.1, 0.15) is 4.90 Å². The molecule has 0 aromatic carbocycles. The number of rotatable bonds is 4. The van der Waals surface area contributed by atoms with Crippen molar-refractivity contribution in [3.05, 3.63) is 42.5 Å². The van der Waals surface area contributed by atoms with Gasteiger partial charge in [0.15, 0.2) is 0 Å². The molecular weight excluding hydrogens is 366 g/mol. The number of aromatic nitrogens is 3. The number of sulfonamides is 1. The van der Waals surface area contributed by atoms with E-state index < -0.39 is 10.0 Å². The van der Waals surface area contributed by atoms with Gasteiger partial charge < -0.3 is 4.90 Å². The van der Waals surface area contributed by atoms with Gasteiger partial charge in [0.2, 0.25) is 15.9 Å². The Hall–Kier alpha value is -2.26. The molecule has 1 N–H and O–H groups in total. The van der Waals surface area contributed by atoms with Gasteiger partial charge >= 0.3 is 0 Å². The number of hydrogen-bond donors (Lipinski definition) is 1. The van der Waals surface area contributed by atoms with Crippen molar-refractivity contribution in [1.82, 2.24) is 24.4 Å². The first-order chi connectivity index (χ1) is 13.0. The van der Waals surface area contributed by atoms with E-state index in [2.05, 4.69) is 15.2 Å². The lowest BCUT2D eigenvalue weighted by Crippen LogP contribution is -2.52. The Bertz CT molecular complexity index is 890. The fourth-order valence-corrected chi connectivity index (χ4v) is 5.42. The van der Waals surface area contributed by atoms with E-state index in [0.717, 1.165) is 25.0 Å². The van der Waals surface area contributed by atoms with E-state index in [1.807, 2.05) is 23.1 Å². The minimum absolute atomic E-state index is 0.00882. The van der Waals surface area contributed by atoms with Crippen LogP contribution in [-0.4, -0.2) is 58.3 Å². The lowest BCUT2D eigenvalue weighted by atomic mass is 9.72. The molecule has 9 heteroatoms. The van der Waals surface area contributed by atoms with E-state index in [4.69, 9.17) is 0 Å². The zero-order valence-electron chi connectivity index (χ0n) is 15.0. The third-order valence-corrected chi connectivity index (χ3v) is 7.59. The Morgan fingerprint density at radius 1 is 1.19 bits per heavy atom. The number of carbonyl (C=O) groups is 1. The van der Waals surface area contributed by atoms with E-state index in [-0.39, 0.29) is 16.2 Å². The first kappa shape index (κ1) is 18.1. The molecule has 0 saturated carbocycles. The Kier molecular flexibility index (Phi) is 4.73. The predicted octanol–water partition coefficient (Wildman–Crippen LogP) is 1.40. The van der Waals surface area contributed by atoms with Crippen LogP contribution in [0.1, 0.15) is 31.4 Å². The molecule has 1 spiro atoms. The second-order valence-corrected chi connectivity index (χ2v) is 9.35. The van der Waals surface area contributed by atoms with Crippen molar-refractivity contribution in [3.63, 3.8) is 0 Å². The van der Waals surface area contributed by atoms with Crippen molar-refractivity contribution in [2.24, 2.45) is 5.41 Å².